The van der Waals surface area contributed by atoms with Crippen molar-refractivity contribution in [3.8, 4) is 0 Å². The summed E-state index contributed by atoms with van der Waals surface area (Å²) in [6, 6.07) is 16.9. The van der Waals surface area contributed by atoms with E-state index in [4.69, 9.17) is 0 Å². The molecule has 0 radical (unpaired) electrons. The van der Waals surface area contributed by atoms with E-state index in [2.05, 4.69) is 0 Å². The molecule has 3 nitrogen and oxygen atoms in total. The molecule has 1 aliphatic rings. The number of ketones is 1. The summed E-state index contributed by atoms with van der Waals surface area (Å²) in [7, 11) is -1.35. The van der Waals surface area contributed by atoms with E-state index < -0.39 is 16.4 Å². The molecule has 2 aromatic carbocycles. The lowest BCUT2D eigenvalue weighted by Gasteiger charge is -2.35. The van der Waals surface area contributed by atoms with Crippen molar-refractivity contribution >= 4 is 16.6 Å². The summed E-state index contributed by atoms with van der Waals surface area (Å²) in [6.45, 7) is 1.97. The van der Waals surface area contributed by atoms with Gasteiger partial charge >= 0.3 is 0 Å². The average Bonchev–Trinajstić information content (AvgIpc) is 2.58. The lowest BCUT2D eigenvalue weighted by Crippen LogP contribution is -2.43. The minimum Gasteiger partial charge on any atom is -0.384 e. The molecule has 124 valence electrons. The molecule has 0 aliphatic heterocycles. The fraction of sp³-hybridized carbons (Fsp3) is 0.250. The van der Waals surface area contributed by atoms with Crippen LogP contribution in [0.5, 0.6) is 0 Å². The fourth-order valence-electron chi connectivity index (χ4n) is 3.02. The highest BCUT2D eigenvalue weighted by molar-refractivity contribution is 7.85. The molecule has 1 N–H and O–H groups in total. The number of hydrogen-bond donors (Lipinski definition) is 1. The highest BCUT2D eigenvalue weighted by Crippen LogP contribution is 2.37. The molecule has 24 heavy (non-hydrogen) atoms. The average molecular weight is 340 g/mol. The van der Waals surface area contributed by atoms with E-state index in [1.54, 1.807) is 0 Å². The van der Waals surface area contributed by atoms with Crippen LogP contribution in [0.4, 0.5) is 0 Å². The Bertz CT molecular complexity index is 780. The van der Waals surface area contributed by atoms with Crippen LogP contribution in [0.1, 0.15) is 23.5 Å². The predicted molar refractivity (Wildman–Crippen MR) is 95.4 cm³/mol. The quantitative estimate of drug-likeness (QED) is 0.930. The molecule has 0 unspecified atom stereocenters. The first-order chi connectivity index (χ1) is 11.5. The number of rotatable bonds is 4. The van der Waals surface area contributed by atoms with E-state index in [0.717, 1.165) is 11.1 Å². The summed E-state index contributed by atoms with van der Waals surface area (Å²) in [5, 5.41) is 11.2. The first-order valence-corrected chi connectivity index (χ1v) is 9.24. The number of aryl methyl sites for hydroxylation is 1. The number of carbonyl (C=O) groups excluding carboxylic acids is 1. The highest BCUT2D eigenvalue weighted by Gasteiger charge is 2.40. The summed E-state index contributed by atoms with van der Waals surface area (Å²) in [5.41, 5.74) is 0.684. The maximum atomic E-state index is 12.7. The molecule has 0 heterocycles. The SMILES string of the molecule is Cc1ccc([S@](=O)C[C@@]2(O)C=CC(=O)C[C@@H]2c2ccccc2)cc1. The Balaban J connectivity index is 1.90. The van der Waals surface area contributed by atoms with Crippen LogP contribution in [0.2, 0.25) is 0 Å². The molecule has 0 fully saturated rings. The molecule has 3 rings (SSSR count). The smallest absolute Gasteiger partial charge is 0.156 e. The summed E-state index contributed by atoms with van der Waals surface area (Å²) in [6.07, 6.45) is 3.15. The Morgan fingerprint density at radius 1 is 1.12 bits per heavy atom. The van der Waals surface area contributed by atoms with Crippen LogP contribution in [0.3, 0.4) is 0 Å². The van der Waals surface area contributed by atoms with Crippen molar-refractivity contribution in [2.45, 2.75) is 29.8 Å². The Labute approximate surface area is 144 Å². The van der Waals surface area contributed by atoms with Gasteiger partial charge < -0.3 is 5.11 Å². The van der Waals surface area contributed by atoms with Gasteiger partial charge in [0.05, 0.1) is 16.6 Å². The van der Waals surface area contributed by atoms with E-state index >= 15 is 0 Å². The zero-order chi connectivity index (χ0) is 17.2. The Morgan fingerprint density at radius 2 is 1.79 bits per heavy atom. The Kier molecular flexibility index (Phi) is 4.78. The maximum Gasteiger partial charge on any atom is 0.156 e. The van der Waals surface area contributed by atoms with E-state index in [-0.39, 0.29) is 23.9 Å². The Hall–Kier alpha value is -2.04. The van der Waals surface area contributed by atoms with Crippen LogP contribution < -0.4 is 0 Å². The van der Waals surface area contributed by atoms with Gasteiger partial charge in [0.25, 0.3) is 0 Å². The van der Waals surface area contributed by atoms with E-state index in [1.807, 2.05) is 61.5 Å². The van der Waals surface area contributed by atoms with Crippen molar-refractivity contribution in [1.29, 1.82) is 0 Å². The zero-order valence-electron chi connectivity index (χ0n) is 13.5. The van der Waals surface area contributed by atoms with Gasteiger partial charge in [-0.1, -0.05) is 48.0 Å². The third-order valence-electron chi connectivity index (χ3n) is 4.41. The van der Waals surface area contributed by atoms with Crippen LogP contribution in [0, 0.1) is 6.92 Å². The van der Waals surface area contributed by atoms with Crippen molar-refractivity contribution in [1.82, 2.24) is 0 Å². The van der Waals surface area contributed by atoms with Gasteiger partial charge in [0.15, 0.2) is 5.78 Å². The molecule has 1 aliphatic carbocycles. The van der Waals surface area contributed by atoms with E-state index in [1.165, 1.54) is 12.2 Å². The highest BCUT2D eigenvalue weighted by atomic mass is 32.2. The second-order valence-electron chi connectivity index (χ2n) is 6.26. The fourth-order valence-corrected chi connectivity index (χ4v) is 4.35. The minimum absolute atomic E-state index is 0.0188. The normalized spacial score (nSPS) is 24.8. The number of benzene rings is 2. The van der Waals surface area contributed by atoms with Gasteiger partial charge in [-0.25, -0.2) is 0 Å². The molecular formula is C20H20O3S. The Morgan fingerprint density at radius 3 is 2.46 bits per heavy atom. The van der Waals surface area contributed by atoms with E-state index in [9.17, 15) is 14.1 Å². The van der Waals surface area contributed by atoms with Crippen molar-refractivity contribution in [3.63, 3.8) is 0 Å². The first kappa shape index (κ1) is 16.8. The van der Waals surface area contributed by atoms with Crippen LogP contribution in [-0.4, -0.2) is 26.5 Å². The van der Waals surface area contributed by atoms with Crippen molar-refractivity contribution in [2.24, 2.45) is 0 Å². The number of carbonyl (C=O) groups is 1. The van der Waals surface area contributed by atoms with Gasteiger partial charge in [-0.3, -0.25) is 9.00 Å². The summed E-state index contributed by atoms with van der Waals surface area (Å²) in [5.74, 6) is -0.334. The lowest BCUT2D eigenvalue weighted by atomic mass is 9.76. The van der Waals surface area contributed by atoms with Crippen molar-refractivity contribution in [3.05, 3.63) is 77.9 Å². The van der Waals surface area contributed by atoms with Crippen LogP contribution >= 0.6 is 0 Å². The molecule has 0 saturated carbocycles. The van der Waals surface area contributed by atoms with Crippen LogP contribution in [-0.2, 0) is 15.6 Å². The summed E-state index contributed by atoms with van der Waals surface area (Å²) in [4.78, 5) is 12.5. The second-order valence-corrected chi connectivity index (χ2v) is 7.71. The molecule has 4 heteroatoms. The molecule has 2 aromatic rings. The lowest BCUT2D eigenvalue weighted by molar-refractivity contribution is -0.117. The van der Waals surface area contributed by atoms with Gasteiger partial charge in [0, 0.05) is 17.2 Å². The maximum absolute atomic E-state index is 12.7. The standard InChI is InChI=1S/C20H20O3S/c1-15-7-9-18(10-8-15)24(23)14-20(22)12-11-17(21)13-19(20)16-5-3-2-4-6-16/h2-12,19,22H,13-14H2,1H3/t19-,20+,24-/m1/s1. The largest absolute Gasteiger partial charge is 0.384 e. The van der Waals surface area contributed by atoms with Crippen LogP contribution in [0.25, 0.3) is 0 Å². The van der Waals surface area contributed by atoms with Gasteiger partial charge in [0.1, 0.15) is 5.60 Å². The first-order valence-electron chi connectivity index (χ1n) is 7.92. The molecule has 0 amide bonds. The van der Waals surface area contributed by atoms with Gasteiger partial charge in [-0.15, -0.1) is 0 Å². The topological polar surface area (TPSA) is 54.4 Å². The molecule has 0 bridgehead atoms. The zero-order valence-corrected chi connectivity index (χ0v) is 14.3. The van der Waals surface area contributed by atoms with Crippen molar-refractivity contribution < 1.29 is 14.1 Å². The number of allylic oxidation sites excluding steroid dienone is 1. The van der Waals surface area contributed by atoms with Crippen LogP contribution in [0.15, 0.2) is 71.6 Å². The monoisotopic (exact) mass is 340 g/mol. The second kappa shape index (κ2) is 6.83. The van der Waals surface area contributed by atoms with Gasteiger partial charge in [-0.2, -0.15) is 0 Å². The molecule has 0 aromatic heterocycles. The third-order valence-corrected chi connectivity index (χ3v) is 5.94. The van der Waals surface area contributed by atoms with E-state index in [0.29, 0.717) is 4.90 Å². The van der Waals surface area contributed by atoms with Gasteiger partial charge in [0.2, 0.25) is 0 Å². The molecule has 3 atom stereocenters. The summed E-state index contributed by atoms with van der Waals surface area (Å²) >= 11 is 0. The predicted octanol–water partition coefficient (Wildman–Crippen LogP) is 3.15. The summed E-state index contributed by atoms with van der Waals surface area (Å²) < 4.78 is 12.7. The minimum atomic E-state index is -1.35. The molecule has 0 spiro atoms. The number of hydrogen-bond acceptors (Lipinski definition) is 3. The third kappa shape index (κ3) is 3.55. The molecule has 0 saturated heterocycles. The van der Waals surface area contributed by atoms with Crippen molar-refractivity contribution in [2.75, 3.05) is 5.75 Å². The molecular weight excluding hydrogens is 320 g/mol. The number of aliphatic hydroxyl groups is 1. The van der Waals surface area contributed by atoms with Gasteiger partial charge in [-0.05, 0) is 36.8 Å².